The van der Waals surface area contributed by atoms with E-state index in [0.29, 0.717) is 18.2 Å². The standard InChI is InChI=1S/C13H15N5S/c1-9-7-11(12(14)19)17-13(16-9)18(2)8-10-3-5-15-6-4-10/h3-7H,8H2,1-2H3,(H2,14,19). The third kappa shape index (κ3) is 3.45. The van der Waals surface area contributed by atoms with Gasteiger partial charge >= 0.3 is 0 Å². The van der Waals surface area contributed by atoms with Gasteiger partial charge in [0, 0.05) is 31.7 Å². The molecule has 0 unspecified atom stereocenters. The van der Waals surface area contributed by atoms with Gasteiger partial charge in [0.25, 0.3) is 0 Å². The van der Waals surface area contributed by atoms with Crippen LogP contribution in [0.1, 0.15) is 17.0 Å². The van der Waals surface area contributed by atoms with Crippen LogP contribution in [0.5, 0.6) is 0 Å². The lowest BCUT2D eigenvalue weighted by atomic mass is 10.2. The lowest BCUT2D eigenvalue weighted by Gasteiger charge is -2.18. The van der Waals surface area contributed by atoms with Crippen LogP contribution in [-0.4, -0.2) is 27.0 Å². The van der Waals surface area contributed by atoms with E-state index in [4.69, 9.17) is 18.0 Å². The van der Waals surface area contributed by atoms with Crippen molar-refractivity contribution in [2.45, 2.75) is 13.5 Å². The number of hydrogen-bond acceptors (Lipinski definition) is 5. The van der Waals surface area contributed by atoms with Gasteiger partial charge < -0.3 is 10.6 Å². The van der Waals surface area contributed by atoms with Crippen molar-refractivity contribution in [3.8, 4) is 0 Å². The molecule has 19 heavy (non-hydrogen) atoms. The first-order valence-electron chi connectivity index (χ1n) is 5.82. The highest BCUT2D eigenvalue weighted by molar-refractivity contribution is 7.80. The maximum atomic E-state index is 5.62. The van der Waals surface area contributed by atoms with Crippen molar-refractivity contribution in [2.75, 3.05) is 11.9 Å². The van der Waals surface area contributed by atoms with Gasteiger partial charge in [-0.3, -0.25) is 4.98 Å². The third-order valence-corrected chi connectivity index (χ3v) is 2.81. The monoisotopic (exact) mass is 273 g/mol. The maximum absolute atomic E-state index is 5.62. The molecule has 2 aromatic rings. The van der Waals surface area contributed by atoms with Gasteiger partial charge in [0.05, 0.1) is 0 Å². The van der Waals surface area contributed by atoms with E-state index in [0.717, 1.165) is 11.3 Å². The van der Waals surface area contributed by atoms with Crippen LogP contribution in [-0.2, 0) is 6.54 Å². The molecule has 6 heteroatoms. The molecule has 0 aliphatic rings. The summed E-state index contributed by atoms with van der Waals surface area (Å²) in [5.41, 5.74) is 8.20. The number of nitrogens with zero attached hydrogens (tertiary/aromatic N) is 4. The van der Waals surface area contributed by atoms with Crippen LogP contribution in [0.3, 0.4) is 0 Å². The second-order valence-electron chi connectivity index (χ2n) is 4.27. The van der Waals surface area contributed by atoms with E-state index < -0.39 is 0 Å². The van der Waals surface area contributed by atoms with E-state index in [1.54, 1.807) is 18.5 Å². The number of nitrogens with two attached hydrogens (primary N) is 1. The molecule has 0 saturated carbocycles. The largest absolute Gasteiger partial charge is 0.388 e. The molecule has 0 bridgehead atoms. The summed E-state index contributed by atoms with van der Waals surface area (Å²) in [5.74, 6) is 0.611. The van der Waals surface area contributed by atoms with Crippen LogP contribution >= 0.6 is 12.2 Å². The van der Waals surface area contributed by atoms with Gasteiger partial charge in [0.2, 0.25) is 5.95 Å². The lowest BCUT2D eigenvalue weighted by molar-refractivity contribution is 0.856. The van der Waals surface area contributed by atoms with Crippen molar-refractivity contribution in [3.63, 3.8) is 0 Å². The minimum Gasteiger partial charge on any atom is -0.388 e. The molecular weight excluding hydrogens is 258 g/mol. The predicted molar refractivity (Wildman–Crippen MR) is 79.0 cm³/mol. The van der Waals surface area contributed by atoms with E-state index in [1.165, 1.54) is 0 Å². The summed E-state index contributed by atoms with van der Waals surface area (Å²) >= 11 is 4.96. The summed E-state index contributed by atoms with van der Waals surface area (Å²) in [7, 11) is 1.93. The number of thiocarbonyl (C=S) groups is 1. The van der Waals surface area contributed by atoms with Crippen molar-refractivity contribution >= 4 is 23.2 Å². The zero-order valence-corrected chi connectivity index (χ0v) is 11.7. The normalized spacial score (nSPS) is 10.2. The summed E-state index contributed by atoms with van der Waals surface area (Å²) in [4.78, 5) is 15.0. The summed E-state index contributed by atoms with van der Waals surface area (Å²) in [5, 5.41) is 0. The van der Waals surface area contributed by atoms with E-state index in [2.05, 4.69) is 15.0 Å². The minimum absolute atomic E-state index is 0.282. The zero-order valence-electron chi connectivity index (χ0n) is 10.9. The molecule has 0 aliphatic heterocycles. The Kier molecular flexibility index (Phi) is 4.01. The third-order valence-electron chi connectivity index (χ3n) is 2.61. The first kappa shape index (κ1) is 13.4. The number of rotatable bonds is 4. The Hall–Kier alpha value is -2.08. The van der Waals surface area contributed by atoms with Crippen molar-refractivity contribution in [1.29, 1.82) is 0 Å². The summed E-state index contributed by atoms with van der Waals surface area (Å²) in [6.45, 7) is 2.59. The first-order chi connectivity index (χ1) is 9.06. The molecule has 0 radical (unpaired) electrons. The van der Waals surface area contributed by atoms with Gasteiger partial charge in [-0.25, -0.2) is 9.97 Å². The van der Waals surface area contributed by atoms with Crippen LogP contribution in [0.4, 0.5) is 5.95 Å². The van der Waals surface area contributed by atoms with E-state index in [9.17, 15) is 0 Å². The molecule has 0 fully saturated rings. The molecule has 5 nitrogen and oxygen atoms in total. The van der Waals surface area contributed by atoms with Gasteiger partial charge in [-0.2, -0.15) is 0 Å². The SMILES string of the molecule is Cc1cc(C(N)=S)nc(N(C)Cc2ccncc2)n1. The maximum Gasteiger partial charge on any atom is 0.226 e. The fourth-order valence-corrected chi connectivity index (χ4v) is 1.79. The smallest absolute Gasteiger partial charge is 0.226 e. The van der Waals surface area contributed by atoms with Gasteiger partial charge in [0.15, 0.2) is 0 Å². The average molecular weight is 273 g/mol. The van der Waals surface area contributed by atoms with E-state index in [1.807, 2.05) is 31.0 Å². The van der Waals surface area contributed by atoms with Gasteiger partial charge in [0.1, 0.15) is 10.7 Å². The molecule has 2 heterocycles. The second-order valence-corrected chi connectivity index (χ2v) is 4.71. The summed E-state index contributed by atoms with van der Waals surface area (Å²) in [6.07, 6.45) is 3.53. The predicted octanol–water partition coefficient (Wildman–Crippen LogP) is 1.45. The molecule has 0 amide bonds. The number of pyridine rings is 1. The Bertz CT molecular complexity index is 585. The molecule has 0 saturated heterocycles. The summed E-state index contributed by atoms with van der Waals surface area (Å²) in [6, 6.07) is 5.70. The highest BCUT2D eigenvalue weighted by Gasteiger charge is 2.09. The van der Waals surface area contributed by atoms with Crippen molar-refractivity contribution in [1.82, 2.24) is 15.0 Å². The Morgan fingerprint density at radius 3 is 2.63 bits per heavy atom. The molecule has 2 N–H and O–H groups in total. The zero-order chi connectivity index (χ0) is 13.8. The molecule has 2 rings (SSSR count). The first-order valence-corrected chi connectivity index (χ1v) is 6.22. The highest BCUT2D eigenvalue weighted by Crippen LogP contribution is 2.12. The molecular formula is C13H15N5S. The number of anilines is 1. The van der Waals surface area contributed by atoms with Gasteiger partial charge in [-0.05, 0) is 30.7 Å². The van der Waals surface area contributed by atoms with Crippen LogP contribution in [0, 0.1) is 6.92 Å². The topological polar surface area (TPSA) is 67.9 Å². The quantitative estimate of drug-likeness (QED) is 0.850. The van der Waals surface area contributed by atoms with Crippen LogP contribution in [0.15, 0.2) is 30.6 Å². The van der Waals surface area contributed by atoms with E-state index in [-0.39, 0.29) is 4.99 Å². The Labute approximate surface area is 117 Å². The molecule has 0 aliphatic carbocycles. The fourth-order valence-electron chi connectivity index (χ4n) is 1.68. The Morgan fingerprint density at radius 1 is 1.32 bits per heavy atom. The molecule has 0 atom stereocenters. The molecule has 0 aromatic carbocycles. The van der Waals surface area contributed by atoms with Crippen molar-refractivity contribution in [2.24, 2.45) is 5.73 Å². The fraction of sp³-hybridized carbons (Fsp3) is 0.231. The van der Waals surface area contributed by atoms with Crippen LogP contribution < -0.4 is 10.6 Å². The number of aryl methyl sites for hydroxylation is 1. The highest BCUT2D eigenvalue weighted by atomic mass is 32.1. The molecule has 0 spiro atoms. The molecule has 2 aromatic heterocycles. The molecule has 98 valence electrons. The van der Waals surface area contributed by atoms with Crippen molar-refractivity contribution in [3.05, 3.63) is 47.5 Å². The lowest BCUT2D eigenvalue weighted by Crippen LogP contribution is -2.22. The van der Waals surface area contributed by atoms with E-state index >= 15 is 0 Å². The minimum atomic E-state index is 0.282. The Balaban J connectivity index is 2.24. The van der Waals surface area contributed by atoms with Crippen LogP contribution in [0.25, 0.3) is 0 Å². The number of aromatic nitrogens is 3. The van der Waals surface area contributed by atoms with Crippen LogP contribution in [0.2, 0.25) is 0 Å². The van der Waals surface area contributed by atoms with Crippen molar-refractivity contribution < 1.29 is 0 Å². The van der Waals surface area contributed by atoms with Gasteiger partial charge in [-0.1, -0.05) is 12.2 Å². The second kappa shape index (κ2) is 5.71. The van der Waals surface area contributed by atoms with Gasteiger partial charge in [-0.15, -0.1) is 0 Å². The Morgan fingerprint density at radius 2 is 2.00 bits per heavy atom. The number of hydrogen-bond donors (Lipinski definition) is 1. The average Bonchev–Trinajstić information content (AvgIpc) is 2.39. The summed E-state index contributed by atoms with van der Waals surface area (Å²) < 4.78 is 0.